The molecule has 0 amide bonds. The van der Waals surface area contributed by atoms with Crippen LogP contribution in [0, 0.1) is 5.92 Å². The molecule has 0 aliphatic carbocycles. The zero-order valence-corrected chi connectivity index (χ0v) is 13.2. The van der Waals surface area contributed by atoms with E-state index in [1.165, 1.54) is 23.3 Å². The van der Waals surface area contributed by atoms with Gasteiger partial charge in [0.25, 0.3) is 0 Å². The lowest BCUT2D eigenvalue weighted by Crippen LogP contribution is -2.45. The van der Waals surface area contributed by atoms with Gasteiger partial charge in [0.2, 0.25) is 0 Å². The van der Waals surface area contributed by atoms with Crippen molar-refractivity contribution in [1.82, 2.24) is 9.88 Å². The van der Waals surface area contributed by atoms with Crippen molar-refractivity contribution in [2.45, 2.75) is 32.4 Å². The second-order valence-electron chi connectivity index (χ2n) is 5.82. The molecule has 0 bridgehead atoms. The third kappa shape index (κ3) is 3.34. The third-order valence-corrected chi connectivity index (χ3v) is 5.40. The van der Waals surface area contributed by atoms with Crippen molar-refractivity contribution < 1.29 is 5.11 Å². The predicted molar refractivity (Wildman–Crippen MR) is 87.2 cm³/mol. The van der Waals surface area contributed by atoms with Crippen molar-refractivity contribution in [2.75, 3.05) is 13.2 Å². The molecule has 3 rings (SSSR count). The largest absolute Gasteiger partial charge is 0.395 e. The molecule has 1 aromatic carbocycles. The van der Waals surface area contributed by atoms with Gasteiger partial charge in [-0.3, -0.25) is 4.90 Å². The van der Waals surface area contributed by atoms with Gasteiger partial charge in [0.15, 0.2) is 0 Å². The molecular formula is C17H22N2OS. The summed E-state index contributed by atoms with van der Waals surface area (Å²) in [6, 6.07) is 10.7. The van der Waals surface area contributed by atoms with E-state index in [1.54, 1.807) is 11.3 Å². The number of aliphatic hydroxyl groups excluding tert-OH is 1. The molecule has 0 saturated carbocycles. The quantitative estimate of drug-likeness (QED) is 0.940. The topological polar surface area (TPSA) is 36.4 Å². The third-order valence-electron chi connectivity index (χ3n) is 4.37. The standard InChI is InChI=1S/C17H22N2OS/c1-13-6-5-9-19(15(13)12-20)11-17-18-10-16(21-17)14-7-3-2-4-8-14/h2-4,7-8,10,13,15,20H,5-6,9,11-12H2,1H3. The second-order valence-corrected chi connectivity index (χ2v) is 6.94. The van der Waals surface area contributed by atoms with Gasteiger partial charge in [-0.05, 0) is 30.9 Å². The van der Waals surface area contributed by atoms with Gasteiger partial charge in [-0.1, -0.05) is 37.3 Å². The summed E-state index contributed by atoms with van der Waals surface area (Å²) in [6.07, 6.45) is 4.40. The molecule has 3 nitrogen and oxygen atoms in total. The van der Waals surface area contributed by atoms with E-state index in [1.807, 2.05) is 12.3 Å². The fourth-order valence-electron chi connectivity index (χ4n) is 3.12. The van der Waals surface area contributed by atoms with E-state index in [9.17, 15) is 5.11 Å². The van der Waals surface area contributed by atoms with Crippen LogP contribution < -0.4 is 0 Å². The van der Waals surface area contributed by atoms with Crippen LogP contribution in [0.15, 0.2) is 36.5 Å². The molecule has 2 unspecified atom stereocenters. The van der Waals surface area contributed by atoms with Gasteiger partial charge in [0.05, 0.1) is 18.0 Å². The highest BCUT2D eigenvalue weighted by Gasteiger charge is 2.28. The highest BCUT2D eigenvalue weighted by Crippen LogP contribution is 2.29. The number of aromatic nitrogens is 1. The number of rotatable bonds is 4. The van der Waals surface area contributed by atoms with Crippen LogP contribution in [0.5, 0.6) is 0 Å². The molecule has 21 heavy (non-hydrogen) atoms. The van der Waals surface area contributed by atoms with Crippen LogP contribution in [0.1, 0.15) is 24.8 Å². The van der Waals surface area contributed by atoms with Crippen LogP contribution >= 0.6 is 11.3 Å². The van der Waals surface area contributed by atoms with Gasteiger partial charge in [0, 0.05) is 12.2 Å². The molecule has 0 radical (unpaired) electrons. The summed E-state index contributed by atoms with van der Waals surface area (Å²) < 4.78 is 0. The smallest absolute Gasteiger partial charge is 0.107 e. The highest BCUT2D eigenvalue weighted by atomic mass is 32.1. The Kier molecular flexibility index (Phi) is 4.68. The van der Waals surface area contributed by atoms with Gasteiger partial charge in [0.1, 0.15) is 5.01 Å². The minimum absolute atomic E-state index is 0.248. The number of hydrogen-bond donors (Lipinski definition) is 1. The van der Waals surface area contributed by atoms with Crippen molar-refractivity contribution in [3.63, 3.8) is 0 Å². The highest BCUT2D eigenvalue weighted by molar-refractivity contribution is 7.15. The van der Waals surface area contributed by atoms with Crippen LogP contribution in [0.2, 0.25) is 0 Å². The summed E-state index contributed by atoms with van der Waals surface area (Å²) in [6.45, 7) is 4.41. The van der Waals surface area contributed by atoms with E-state index in [0.29, 0.717) is 5.92 Å². The Hall–Kier alpha value is -1.23. The first-order valence-corrected chi connectivity index (χ1v) is 8.44. The zero-order chi connectivity index (χ0) is 14.7. The molecule has 2 heterocycles. The summed E-state index contributed by atoms with van der Waals surface area (Å²) in [5.41, 5.74) is 1.23. The second kappa shape index (κ2) is 6.69. The summed E-state index contributed by atoms with van der Waals surface area (Å²) in [5.74, 6) is 0.567. The Morgan fingerprint density at radius 2 is 2.14 bits per heavy atom. The summed E-state index contributed by atoms with van der Waals surface area (Å²) in [4.78, 5) is 8.19. The van der Waals surface area contributed by atoms with Crippen molar-refractivity contribution >= 4 is 11.3 Å². The number of hydrogen-bond acceptors (Lipinski definition) is 4. The maximum Gasteiger partial charge on any atom is 0.107 e. The normalized spacial score (nSPS) is 23.3. The average Bonchev–Trinajstić information content (AvgIpc) is 2.97. The van der Waals surface area contributed by atoms with Gasteiger partial charge in [-0.25, -0.2) is 4.98 Å². The Morgan fingerprint density at radius 3 is 2.90 bits per heavy atom. The van der Waals surface area contributed by atoms with Crippen molar-refractivity contribution in [3.05, 3.63) is 41.5 Å². The Bertz CT molecular complexity index is 569. The first-order valence-electron chi connectivity index (χ1n) is 7.63. The summed E-state index contributed by atoms with van der Waals surface area (Å²) in [7, 11) is 0. The fraction of sp³-hybridized carbons (Fsp3) is 0.471. The SMILES string of the molecule is CC1CCCN(Cc2ncc(-c3ccccc3)s2)C1CO. The molecule has 0 spiro atoms. The van der Waals surface area contributed by atoms with Crippen LogP contribution in [0.4, 0.5) is 0 Å². The molecule has 4 heteroatoms. The van der Waals surface area contributed by atoms with E-state index in [4.69, 9.17) is 0 Å². The van der Waals surface area contributed by atoms with E-state index in [0.717, 1.165) is 18.1 Å². The number of likely N-dealkylation sites (tertiary alicyclic amines) is 1. The number of benzene rings is 1. The lowest BCUT2D eigenvalue weighted by atomic mass is 9.91. The van der Waals surface area contributed by atoms with Crippen molar-refractivity contribution in [3.8, 4) is 10.4 Å². The Balaban J connectivity index is 1.72. The molecule has 2 atom stereocenters. The minimum atomic E-state index is 0.248. The Morgan fingerprint density at radius 1 is 1.33 bits per heavy atom. The summed E-state index contributed by atoms with van der Waals surface area (Å²) >= 11 is 1.76. The van der Waals surface area contributed by atoms with Gasteiger partial charge in [-0.15, -0.1) is 11.3 Å². The predicted octanol–water partition coefficient (Wildman–Crippen LogP) is 3.40. The van der Waals surface area contributed by atoms with Crippen LogP contribution in [0.25, 0.3) is 10.4 Å². The zero-order valence-electron chi connectivity index (χ0n) is 12.4. The van der Waals surface area contributed by atoms with E-state index in [-0.39, 0.29) is 12.6 Å². The van der Waals surface area contributed by atoms with Crippen LogP contribution in [-0.2, 0) is 6.54 Å². The van der Waals surface area contributed by atoms with Crippen molar-refractivity contribution in [2.24, 2.45) is 5.92 Å². The number of nitrogens with zero attached hydrogens (tertiary/aromatic N) is 2. The molecule has 1 fully saturated rings. The maximum absolute atomic E-state index is 9.63. The molecule has 112 valence electrons. The molecule has 1 aromatic heterocycles. The van der Waals surface area contributed by atoms with Crippen LogP contribution in [-0.4, -0.2) is 34.2 Å². The van der Waals surface area contributed by atoms with E-state index < -0.39 is 0 Å². The summed E-state index contributed by atoms with van der Waals surface area (Å²) in [5, 5.41) is 10.8. The van der Waals surface area contributed by atoms with Crippen molar-refractivity contribution in [1.29, 1.82) is 0 Å². The minimum Gasteiger partial charge on any atom is -0.395 e. The first-order chi connectivity index (χ1) is 10.3. The van der Waals surface area contributed by atoms with E-state index in [2.05, 4.69) is 41.1 Å². The average molecular weight is 302 g/mol. The van der Waals surface area contributed by atoms with Crippen LogP contribution in [0.3, 0.4) is 0 Å². The number of piperidine rings is 1. The van der Waals surface area contributed by atoms with Gasteiger partial charge >= 0.3 is 0 Å². The molecule has 2 aromatic rings. The Labute approximate surface area is 130 Å². The fourth-order valence-corrected chi connectivity index (χ4v) is 4.07. The molecule has 1 saturated heterocycles. The molecular weight excluding hydrogens is 280 g/mol. The maximum atomic E-state index is 9.63. The first kappa shape index (κ1) is 14.7. The lowest BCUT2D eigenvalue weighted by molar-refractivity contribution is 0.0472. The van der Waals surface area contributed by atoms with Gasteiger partial charge in [-0.2, -0.15) is 0 Å². The monoisotopic (exact) mass is 302 g/mol. The molecule has 1 N–H and O–H groups in total. The number of thiazole rings is 1. The molecule has 1 aliphatic rings. The van der Waals surface area contributed by atoms with Gasteiger partial charge < -0.3 is 5.11 Å². The van der Waals surface area contributed by atoms with E-state index >= 15 is 0 Å². The molecule has 1 aliphatic heterocycles. The lowest BCUT2D eigenvalue weighted by Gasteiger charge is -2.38. The number of aliphatic hydroxyl groups is 1.